The Bertz CT molecular complexity index is 602. The van der Waals surface area contributed by atoms with Crippen LogP contribution < -0.4 is 5.73 Å². The van der Waals surface area contributed by atoms with Crippen LogP contribution in [0, 0.1) is 0 Å². The average molecular weight is 322 g/mol. The van der Waals surface area contributed by atoms with E-state index in [4.69, 9.17) is 10.2 Å². The molecule has 2 aromatic heterocycles. The minimum absolute atomic E-state index is 0.216. The summed E-state index contributed by atoms with van der Waals surface area (Å²) in [6.07, 6.45) is 1.75. The number of nitrogens with zero attached hydrogens (tertiary/aromatic N) is 2. The highest BCUT2D eigenvalue weighted by Crippen LogP contribution is 2.37. The second-order valence-corrected chi connectivity index (χ2v) is 12.4. The van der Waals surface area contributed by atoms with Crippen molar-refractivity contribution in [2.24, 2.45) is 0 Å². The van der Waals surface area contributed by atoms with E-state index >= 15 is 0 Å². The molecule has 0 amide bonds. The molecular formula is C15H23N3OSSi. The maximum Gasteiger partial charge on any atom is 0.192 e. The smallest absolute Gasteiger partial charge is 0.192 e. The van der Waals surface area contributed by atoms with Gasteiger partial charge in [-0.25, -0.2) is 9.97 Å². The van der Waals surface area contributed by atoms with Crippen molar-refractivity contribution >= 4 is 25.5 Å². The van der Waals surface area contributed by atoms with Crippen LogP contribution in [0.2, 0.25) is 18.1 Å². The van der Waals surface area contributed by atoms with Gasteiger partial charge in [0, 0.05) is 17.1 Å². The average Bonchev–Trinajstić information content (AvgIpc) is 2.85. The molecule has 2 rings (SSSR count). The molecule has 0 spiro atoms. The van der Waals surface area contributed by atoms with Crippen molar-refractivity contribution in [3.05, 3.63) is 28.7 Å². The predicted octanol–water partition coefficient (Wildman–Crippen LogP) is 4.31. The maximum absolute atomic E-state index is 6.20. The Morgan fingerprint density at radius 1 is 1.29 bits per heavy atom. The van der Waals surface area contributed by atoms with Crippen LogP contribution in [0.4, 0.5) is 5.82 Å². The van der Waals surface area contributed by atoms with E-state index in [0.717, 1.165) is 16.3 Å². The van der Waals surface area contributed by atoms with Gasteiger partial charge in [0.15, 0.2) is 8.32 Å². The minimum atomic E-state index is -1.73. The highest BCUT2D eigenvalue weighted by Gasteiger charge is 2.37. The summed E-state index contributed by atoms with van der Waals surface area (Å²) in [4.78, 5) is 8.73. The van der Waals surface area contributed by atoms with Crippen LogP contribution in [-0.2, 0) is 11.0 Å². The second kappa shape index (κ2) is 5.86. The fourth-order valence-electron chi connectivity index (χ4n) is 1.53. The van der Waals surface area contributed by atoms with Gasteiger partial charge in [0.2, 0.25) is 0 Å². The van der Waals surface area contributed by atoms with Gasteiger partial charge in [-0.05, 0) is 30.3 Å². The van der Waals surface area contributed by atoms with Crippen LogP contribution in [0.5, 0.6) is 0 Å². The molecule has 0 radical (unpaired) electrons. The van der Waals surface area contributed by atoms with E-state index in [1.807, 2.05) is 11.4 Å². The fraction of sp³-hybridized carbons (Fsp3) is 0.467. The monoisotopic (exact) mass is 321 g/mol. The Balaban J connectivity index is 2.06. The molecular weight excluding hydrogens is 298 g/mol. The van der Waals surface area contributed by atoms with E-state index < -0.39 is 8.32 Å². The highest BCUT2D eigenvalue weighted by molar-refractivity contribution is 7.09. The predicted molar refractivity (Wildman–Crippen MR) is 91.7 cm³/mol. The van der Waals surface area contributed by atoms with Gasteiger partial charge in [-0.3, -0.25) is 0 Å². The largest absolute Gasteiger partial charge is 0.410 e. The molecule has 6 heteroatoms. The Morgan fingerprint density at radius 2 is 2.00 bits per heavy atom. The number of aromatic nitrogens is 2. The first kappa shape index (κ1) is 16.1. The van der Waals surface area contributed by atoms with Crippen molar-refractivity contribution in [2.75, 3.05) is 5.73 Å². The quantitative estimate of drug-likeness (QED) is 0.852. The number of hydrogen-bond acceptors (Lipinski definition) is 5. The molecule has 4 nitrogen and oxygen atoms in total. The first-order valence-electron chi connectivity index (χ1n) is 6.99. The molecule has 2 heterocycles. The van der Waals surface area contributed by atoms with E-state index in [9.17, 15) is 0 Å². The number of pyridine rings is 1. The number of rotatable bonds is 4. The molecule has 114 valence electrons. The van der Waals surface area contributed by atoms with Gasteiger partial charge in [0.05, 0.1) is 12.3 Å². The van der Waals surface area contributed by atoms with Gasteiger partial charge in [-0.15, -0.1) is 11.3 Å². The summed E-state index contributed by atoms with van der Waals surface area (Å²) in [5.41, 5.74) is 7.52. The zero-order chi connectivity index (χ0) is 15.7. The Morgan fingerprint density at radius 3 is 2.57 bits per heavy atom. The molecule has 0 fully saturated rings. The van der Waals surface area contributed by atoms with Crippen LogP contribution in [0.1, 0.15) is 25.8 Å². The van der Waals surface area contributed by atoms with Crippen molar-refractivity contribution in [2.45, 2.75) is 45.5 Å². The Kier molecular flexibility index (Phi) is 4.51. The summed E-state index contributed by atoms with van der Waals surface area (Å²) in [6, 6.07) is 3.73. The Hall–Kier alpha value is -1.24. The van der Waals surface area contributed by atoms with E-state index in [1.54, 1.807) is 23.6 Å². The lowest BCUT2D eigenvalue weighted by molar-refractivity contribution is 0.276. The first-order chi connectivity index (χ1) is 9.69. The van der Waals surface area contributed by atoms with Gasteiger partial charge >= 0.3 is 0 Å². The molecule has 2 aromatic rings. The van der Waals surface area contributed by atoms with Gasteiger partial charge < -0.3 is 10.2 Å². The van der Waals surface area contributed by atoms with E-state index in [1.165, 1.54) is 0 Å². The lowest BCUT2D eigenvalue weighted by atomic mass is 10.2. The summed E-state index contributed by atoms with van der Waals surface area (Å²) >= 11 is 1.63. The zero-order valence-corrected chi connectivity index (χ0v) is 15.1. The number of anilines is 1. The molecule has 0 aromatic carbocycles. The lowest BCUT2D eigenvalue weighted by Crippen LogP contribution is -2.40. The van der Waals surface area contributed by atoms with Crippen LogP contribution >= 0.6 is 11.3 Å². The van der Waals surface area contributed by atoms with Crippen molar-refractivity contribution < 1.29 is 4.43 Å². The SMILES string of the molecule is CC(C)(C)[Si](C)(C)OCc1nc(-c2ccc(N)nc2)cs1. The summed E-state index contributed by atoms with van der Waals surface area (Å²) in [7, 11) is -1.73. The minimum Gasteiger partial charge on any atom is -0.410 e. The van der Waals surface area contributed by atoms with Gasteiger partial charge in [0.1, 0.15) is 10.8 Å². The number of nitrogens with two attached hydrogens (primary N) is 1. The Labute approximate surface area is 131 Å². The fourth-order valence-corrected chi connectivity index (χ4v) is 3.27. The highest BCUT2D eigenvalue weighted by atomic mass is 32.1. The van der Waals surface area contributed by atoms with Crippen molar-refractivity contribution in [3.8, 4) is 11.3 Å². The number of thiazole rings is 1. The van der Waals surface area contributed by atoms with E-state index in [-0.39, 0.29) is 5.04 Å². The van der Waals surface area contributed by atoms with Gasteiger partial charge in [-0.2, -0.15) is 0 Å². The zero-order valence-electron chi connectivity index (χ0n) is 13.3. The molecule has 0 saturated carbocycles. The van der Waals surface area contributed by atoms with Crippen molar-refractivity contribution in [3.63, 3.8) is 0 Å². The van der Waals surface area contributed by atoms with E-state index in [0.29, 0.717) is 12.4 Å². The lowest BCUT2D eigenvalue weighted by Gasteiger charge is -2.35. The van der Waals surface area contributed by atoms with Crippen LogP contribution in [-0.4, -0.2) is 18.3 Å². The van der Waals surface area contributed by atoms with Crippen LogP contribution in [0.15, 0.2) is 23.7 Å². The van der Waals surface area contributed by atoms with Crippen LogP contribution in [0.3, 0.4) is 0 Å². The van der Waals surface area contributed by atoms with Crippen LogP contribution in [0.25, 0.3) is 11.3 Å². The number of hydrogen-bond donors (Lipinski definition) is 1. The molecule has 21 heavy (non-hydrogen) atoms. The molecule has 0 aliphatic carbocycles. The van der Waals surface area contributed by atoms with Crippen molar-refractivity contribution in [1.82, 2.24) is 9.97 Å². The molecule has 0 bridgehead atoms. The normalized spacial score (nSPS) is 12.6. The van der Waals surface area contributed by atoms with E-state index in [2.05, 4.69) is 43.8 Å². The topological polar surface area (TPSA) is 61.0 Å². The molecule has 0 aliphatic heterocycles. The first-order valence-corrected chi connectivity index (χ1v) is 10.8. The standard InChI is InChI=1S/C15H23N3OSSi/c1-15(2,3)21(4,5)19-9-14-18-12(10-20-14)11-6-7-13(16)17-8-11/h6-8,10H,9H2,1-5H3,(H2,16,17). The third-order valence-electron chi connectivity index (χ3n) is 4.00. The third-order valence-corrected chi connectivity index (χ3v) is 9.30. The summed E-state index contributed by atoms with van der Waals surface area (Å²) in [5, 5.41) is 3.26. The summed E-state index contributed by atoms with van der Waals surface area (Å²) in [5.74, 6) is 0.524. The molecule has 0 aliphatic rings. The second-order valence-electron chi connectivity index (χ2n) is 6.65. The summed E-state index contributed by atoms with van der Waals surface area (Å²) in [6.45, 7) is 11.8. The molecule has 0 atom stereocenters. The molecule has 0 saturated heterocycles. The van der Waals surface area contributed by atoms with Gasteiger partial charge in [-0.1, -0.05) is 20.8 Å². The van der Waals surface area contributed by atoms with Gasteiger partial charge in [0.25, 0.3) is 0 Å². The summed E-state index contributed by atoms with van der Waals surface area (Å²) < 4.78 is 6.20. The number of nitrogen functional groups attached to an aromatic ring is 1. The third kappa shape index (κ3) is 3.90. The maximum atomic E-state index is 6.20. The van der Waals surface area contributed by atoms with Crippen molar-refractivity contribution in [1.29, 1.82) is 0 Å². The molecule has 2 N–H and O–H groups in total. The molecule has 0 unspecified atom stereocenters.